The summed E-state index contributed by atoms with van der Waals surface area (Å²) < 4.78 is 48.1. The molecule has 10 heteroatoms. The van der Waals surface area contributed by atoms with E-state index in [1.54, 1.807) is 18.2 Å². The highest BCUT2D eigenvalue weighted by Gasteiger charge is 2.33. The largest absolute Gasteiger partial charge is 0.454 e. The molecule has 0 saturated heterocycles. The zero-order valence-corrected chi connectivity index (χ0v) is 15.7. The Balaban J connectivity index is 1.69. The molecular weight excluding hydrogens is 420 g/mol. The Labute approximate surface area is 167 Å². The molecule has 1 aromatic carbocycles. The van der Waals surface area contributed by atoms with Crippen molar-refractivity contribution in [2.75, 3.05) is 0 Å². The van der Waals surface area contributed by atoms with Gasteiger partial charge in [-0.25, -0.2) is 9.78 Å². The van der Waals surface area contributed by atoms with Gasteiger partial charge in [0.25, 0.3) is 0 Å². The number of nitrogens with zero attached hydrogens (tertiary/aromatic N) is 2. The van der Waals surface area contributed by atoms with Crippen molar-refractivity contribution in [3.8, 4) is 11.3 Å². The Kier molecular flexibility index (Phi) is 5.62. The smallest absolute Gasteiger partial charge is 0.433 e. The highest BCUT2D eigenvalue weighted by atomic mass is 35.5. The first kappa shape index (κ1) is 20.2. The second-order valence-corrected chi connectivity index (χ2v) is 6.55. The van der Waals surface area contributed by atoms with Gasteiger partial charge in [0.05, 0.1) is 16.3 Å². The van der Waals surface area contributed by atoms with Crippen molar-refractivity contribution in [2.24, 2.45) is 0 Å². The number of benzene rings is 1. The third-order valence-electron chi connectivity index (χ3n) is 3.71. The Morgan fingerprint density at radius 2 is 1.93 bits per heavy atom. The van der Waals surface area contributed by atoms with E-state index >= 15 is 0 Å². The third-order valence-corrected chi connectivity index (χ3v) is 4.26. The van der Waals surface area contributed by atoms with Gasteiger partial charge in [-0.05, 0) is 37.3 Å². The molecule has 0 bridgehead atoms. The molecule has 0 aliphatic rings. The Morgan fingerprint density at radius 1 is 1.18 bits per heavy atom. The summed E-state index contributed by atoms with van der Waals surface area (Å²) in [5.74, 6) is -0.604. The molecule has 2 aromatic heterocycles. The average Bonchev–Trinajstić information content (AvgIpc) is 3.07. The highest BCUT2D eigenvalue weighted by molar-refractivity contribution is 6.36. The number of esters is 1. The lowest BCUT2D eigenvalue weighted by Gasteiger charge is -2.09. The Hall–Kier alpha value is -2.58. The van der Waals surface area contributed by atoms with Crippen LogP contribution in [0.15, 0.2) is 40.9 Å². The number of rotatable bonds is 4. The molecule has 3 rings (SSSR count). The fourth-order valence-corrected chi connectivity index (χ4v) is 2.86. The molecule has 28 heavy (non-hydrogen) atoms. The van der Waals surface area contributed by atoms with Gasteiger partial charge in [0, 0.05) is 16.7 Å². The zero-order chi connectivity index (χ0) is 20.5. The number of ether oxygens (including phenoxy) is 1. The lowest BCUT2D eigenvalue weighted by Crippen LogP contribution is -2.13. The monoisotopic (exact) mass is 430 g/mol. The molecule has 0 aliphatic heterocycles. The van der Waals surface area contributed by atoms with Gasteiger partial charge in [-0.3, -0.25) is 0 Å². The minimum absolute atomic E-state index is 0.0755. The van der Waals surface area contributed by atoms with Crippen molar-refractivity contribution in [1.29, 1.82) is 0 Å². The van der Waals surface area contributed by atoms with E-state index in [9.17, 15) is 18.0 Å². The van der Waals surface area contributed by atoms with Crippen LogP contribution in [0.2, 0.25) is 10.0 Å². The summed E-state index contributed by atoms with van der Waals surface area (Å²) in [5, 5.41) is 4.69. The molecule has 0 spiro atoms. The molecule has 0 fully saturated rings. The molecule has 3 aromatic rings. The molecule has 0 N–H and O–H groups in total. The Bertz CT molecular complexity index is 1040. The van der Waals surface area contributed by atoms with Crippen LogP contribution in [0.25, 0.3) is 11.3 Å². The fourth-order valence-electron chi connectivity index (χ4n) is 2.35. The maximum atomic E-state index is 12.6. The predicted octanol–water partition coefficient (Wildman–Crippen LogP) is 5.73. The number of halogens is 5. The normalized spacial score (nSPS) is 11.5. The Morgan fingerprint density at radius 3 is 2.57 bits per heavy atom. The molecule has 146 valence electrons. The van der Waals surface area contributed by atoms with Crippen molar-refractivity contribution in [3.05, 3.63) is 69.2 Å². The summed E-state index contributed by atoms with van der Waals surface area (Å²) in [7, 11) is 0. The molecule has 5 nitrogen and oxygen atoms in total. The van der Waals surface area contributed by atoms with E-state index in [-0.39, 0.29) is 23.6 Å². The van der Waals surface area contributed by atoms with Crippen LogP contribution in [0.5, 0.6) is 0 Å². The summed E-state index contributed by atoms with van der Waals surface area (Å²) in [6.45, 7) is 1.03. The SMILES string of the molecule is Cc1nc(C(F)(F)F)ccc1C(=O)OCc1cc(-c2ccc(Cl)cc2Cl)no1. The fraction of sp³-hybridized carbons (Fsp3) is 0.167. The molecule has 0 radical (unpaired) electrons. The number of hydrogen-bond donors (Lipinski definition) is 0. The molecule has 2 heterocycles. The lowest BCUT2D eigenvalue weighted by atomic mass is 10.1. The van der Waals surface area contributed by atoms with Crippen molar-refractivity contribution in [3.63, 3.8) is 0 Å². The summed E-state index contributed by atoms with van der Waals surface area (Å²) in [6.07, 6.45) is -4.59. The summed E-state index contributed by atoms with van der Waals surface area (Å²) in [5.41, 5.74) is -0.254. The van der Waals surface area contributed by atoms with Gasteiger partial charge in [-0.2, -0.15) is 13.2 Å². The standard InChI is InChI=1S/C18H11Cl2F3N2O3/c1-9-12(4-5-16(24-9)18(21,22)23)17(26)27-8-11-7-15(25-28-11)13-3-2-10(19)6-14(13)20/h2-7H,8H2,1H3. The molecule has 0 saturated carbocycles. The van der Waals surface area contributed by atoms with Crippen LogP contribution in [0.3, 0.4) is 0 Å². The van der Waals surface area contributed by atoms with Crippen LogP contribution in [-0.4, -0.2) is 16.1 Å². The van der Waals surface area contributed by atoms with Gasteiger partial charge in [0.15, 0.2) is 12.4 Å². The van der Waals surface area contributed by atoms with Gasteiger partial charge in [0.2, 0.25) is 0 Å². The molecule has 0 amide bonds. The van der Waals surface area contributed by atoms with Crippen LogP contribution >= 0.6 is 23.2 Å². The van der Waals surface area contributed by atoms with Crippen molar-refractivity contribution in [2.45, 2.75) is 19.7 Å². The van der Waals surface area contributed by atoms with E-state index in [0.717, 1.165) is 12.1 Å². The first-order valence-corrected chi connectivity index (χ1v) is 8.53. The minimum Gasteiger partial charge on any atom is -0.454 e. The van der Waals surface area contributed by atoms with E-state index in [1.807, 2.05) is 0 Å². The number of alkyl halides is 3. The number of carbonyl (C=O) groups is 1. The number of pyridine rings is 1. The van der Waals surface area contributed by atoms with Gasteiger partial charge < -0.3 is 9.26 Å². The van der Waals surface area contributed by atoms with Crippen molar-refractivity contribution in [1.82, 2.24) is 10.1 Å². The first-order valence-electron chi connectivity index (χ1n) is 7.78. The van der Waals surface area contributed by atoms with E-state index < -0.39 is 17.8 Å². The van der Waals surface area contributed by atoms with Crippen LogP contribution < -0.4 is 0 Å². The molecule has 0 atom stereocenters. The number of hydrogen-bond acceptors (Lipinski definition) is 5. The quantitative estimate of drug-likeness (QED) is 0.494. The van der Waals surface area contributed by atoms with Crippen LogP contribution in [0, 0.1) is 6.92 Å². The second-order valence-electron chi connectivity index (χ2n) is 5.71. The van der Waals surface area contributed by atoms with Gasteiger partial charge in [-0.15, -0.1) is 0 Å². The maximum Gasteiger partial charge on any atom is 0.433 e. The van der Waals surface area contributed by atoms with Gasteiger partial charge >= 0.3 is 12.1 Å². The molecular formula is C18H11Cl2F3N2O3. The van der Waals surface area contributed by atoms with E-state index in [0.29, 0.717) is 21.3 Å². The summed E-state index contributed by atoms with van der Waals surface area (Å²) in [6, 6.07) is 8.12. The van der Waals surface area contributed by atoms with Crippen LogP contribution in [0.1, 0.15) is 27.5 Å². The highest BCUT2D eigenvalue weighted by Crippen LogP contribution is 2.30. The number of aromatic nitrogens is 2. The average molecular weight is 431 g/mol. The zero-order valence-electron chi connectivity index (χ0n) is 14.2. The predicted molar refractivity (Wildman–Crippen MR) is 95.1 cm³/mol. The first-order chi connectivity index (χ1) is 13.1. The third kappa shape index (κ3) is 4.45. The number of aryl methyl sites for hydroxylation is 1. The van der Waals surface area contributed by atoms with Crippen molar-refractivity contribution >= 4 is 29.2 Å². The molecule has 0 unspecified atom stereocenters. The van der Waals surface area contributed by atoms with Crippen molar-refractivity contribution < 1.29 is 27.2 Å². The summed E-state index contributed by atoms with van der Waals surface area (Å²) in [4.78, 5) is 15.5. The topological polar surface area (TPSA) is 65.2 Å². The maximum absolute atomic E-state index is 12.6. The van der Waals surface area contributed by atoms with Gasteiger partial charge in [-0.1, -0.05) is 28.4 Å². The van der Waals surface area contributed by atoms with E-state index in [1.165, 1.54) is 13.0 Å². The number of carbonyl (C=O) groups excluding carboxylic acids is 1. The van der Waals surface area contributed by atoms with Gasteiger partial charge in [0.1, 0.15) is 11.4 Å². The van der Waals surface area contributed by atoms with Crippen LogP contribution in [-0.2, 0) is 17.5 Å². The van der Waals surface area contributed by atoms with E-state index in [2.05, 4.69) is 10.1 Å². The minimum atomic E-state index is -4.59. The summed E-state index contributed by atoms with van der Waals surface area (Å²) >= 11 is 12.0. The van der Waals surface area contributed by atoms with E-state index in [4.69, 9.17) is 32.5 Å². The van der Waals surface area contributed by atoms with Crippen LogP contribution in [0.4, 0.5) is 13.2 Å². The molecule has 0 aliphatic carbocycles. The lowest BCUT2D eigenvalue weighted by molar-refractivity contribution is -0.141. The second kappa shape index (κ2) is 7.81.